The normalized spacial score (nSPS) is 19.5. The summed E-state index contributed by atoms with van der Waals surface area (Å²) in [5.74, 6) is -1.85. The smallest absolute Gasteiger partial charge is 0.164 e. The minimum absolute atomic E-state index is 0.0382. The predicted molar refractivity (Wildman–Crippen MR) is 74.5 cm³/mol. The number of halogens is 2. The quantitative estimate of drug-likeness (QED) is 0.916. The monoisotopic (exact) mass is 284 g/mol. The lowest BCUT2D eigenvalue weighted by Crippen LogP contribution is -2.49. The number of hydrogen-bond donors (Lipinski definition) is 1. The standard InChI is InChI=1S/C15H22F2N2O/c1-11(2)19-8-6-18(7-9-19)10-14(20)12-4-3-5-13(16)15(12)17/h3-5,11,14,20H,6-10H2,1-2H3. The van der Waals surface area contributed by atoms with Gasteiger partial charge in [0, 0.05) is 44.3 Å². The highest BCUT2D eigenvalue weighted by molar-refractivity contribution is 5.21. The molecule has 1 aromatic rings. The van der Waals surface area contributed by atoms with E-state index >= 15 is 0 Å². The third-order valence-corrected chi connectivity index (χ3v) is 3.91. The second kappa shape index (κ2) is 6.61. The van der Waals surface area contributed by atoms with Crippen LogP contribution in [0.5, 0.6) is 0 Å². The van der Waals surface area contributed by atoms with E-state index in [1.54, 1.807) is 0 Å². The molecule has 1 aliphatic rings. The predicted octanol–water partition coefficient (Wildman–Crippen LogP) is 2.02. The minimum atomic E-state index is -0.990. The van der Waals surface area contributed by atoms with E-state index in [1.807, 2.05) is 0 Å². The Morgan fingerprint density at radius 3 is 2.40 bits per heavy atom. The third kappa shape index (κ3) is 3.53. The van der Waals surface area contributed by atoms with Gasteiger partial charge in [-0.3, -0.25) is 9.80 Å². The average molecular weight is 284 g/mol. The number of nitrogens with zero attached hydrogens (tertiary/aromatic N) is 2. The van der Waals surface area contributed by atoms with E-state index in [0.717, 1.165) is 32.2 Å². The van der Waals surface area contributed by atoms with Gasteiger partial charge in [0.25, 0.3) is 0 Å². The molecule has 1 saturated heterocycles. The zero-order valence-electron chi connectivity index (χ0n) is 12.0. The molecule has 5 heteroatoms. The van der Waals surface area contributed by atoms with E-state index in [2.05, 4.69) is 23.6 Å². The van der Waals surface area contributed by atoms with Crippen molar-refractivity contribution < 1.29 is 13.9 Å². The number of aliphatic hydroxyl groups excluding tert-OH is 1. The summed E-state index contributed by atoms with van der Waals surface area (Å²) in [5, 5.41) is 10.1. The van der Waals surface area contributed by atoms with Crippen LogP contribution in [0.25, 0.3) is 0 Å². The van der Waals surface area contributed by atoms with Crippen LogP contribution in [0.2, 0.25) is 0 Å². The molecule has 0 bridgehead atoms. The lowest BCUT2D eigenvalue weighted by Gasteiger charge is -2.37. The summed E-state index contributed by atoms with van der Waals surface area (Å²) in [7, 11) is 0. The van der Waals surface area contributed by atoms with Crippen molar-refractivity contribution in [1.82, 2.24) is 9.80 Å². The molecule has 1 N–H and O–H groups in total. The van der Waals surface area contributed by atoms with Gasteiger partial charge in [-0.25, -0.2) is 8.78 Å². The van der Waals surface area contributed by atoms with Crippen LogP contribution in [0.1, 0.15) is 25.5 Å². The van der Waals surface area contributed by atoms with E-state index in [9.17, 15) is 13.9 Å². The molecule has 1 aromatic carbocycles. The Kier molecular flexibility index (Phi) is 5.07. The van der Waals surface area contributed by atoms with Gasteiger partial charge >= 0.3 is 0 Å². The molecular weight excluding hydrogens is 262 g/mol. The Labute approximate surface area is 118 Å². The number of hydrogen-bond acceptors (Lipinski definition) is 3. The average Bonchev–Trinajstić information content (AvgIpc) is 2.42. The van der Waals surface area contributed by atoms with E-state index in [0.29, 0.717) is 12.6 Å². The number of piperazine rings is 1. The fourth-order valence-electron chi connectivity index (χ4n) is 2.58. The van der Waals surface area contributed by atoms with Gasteiger partial charge in [0.2, 0.25) is 0 Å². The topological polar surface area (TPSA) is 26.7 Å². The van der Waals surface area contributed by atoms with Gasteiger partial charge in [-0.2, -0.15) is 0 Å². The van der Waals surface area contributed by atoms with Crippen molar-refractivity contribution in [3.8, 4) is 0 Å². The van der Waals surface area contributed by atoms with Gasteiger partial charge in [-0.05, 0) is 19.9 Å². The summed E-state index contributed by atoms with van der Waals surface area (Å²) in [6, 6.07) is 4.44. The Morgan fingerprint density at radius 2 is 1.80 bits per heavy atom. The molecule has 0 aromatic heterocycles. The molecule has 0 aliphatic carbocycles. The summed E-state index contributed by atoms with van der Waals surface area (Å²) in [5.41, 5.74) is 0.0382. The van der Waals surface area contributed by atoms with Crippen LogP contribution in [0, 0.1) is 11.6 Å². The zero-order chi connectivity index (χ0) is 14.7. The van der Waals surface area contributed by atoms with Crippen LogP contribution in [-0.4, -0.2) is 53.7 Å². The van der Waals surface area contributed by atoms with Gasteiger partial charge in [0.15, 0.2) is 11.6 Å². The van der Waals surface area contributed by atoms with Crippen LogP contribution >= 0.6 is 0 Å². The number of aliphatic hydroxyl groups is 1. The molecule has 2 rings (SSSR count). The Hall–Kier alpha value is -1.04. The summed E-state index contributed by atoms with van der Waals surface area (Å²) in [6.45, 7) is 8.22. The fourth-order valence-corrected chi connectivity index (χ4v) is 2.58. The lowest BCUT2D eigenvalue weighted by atomic mass is 10.1. The molecule has 1 fully saturated rings. The molecule has 3 nitrogen and oxygen atoms in total. The van der Waals surface area contributed by atoms with Gasteiger partial charge in [-0.15, -0.1) is 0 Å². The van der Waals surface area contributed by atoms with Crippen LogP contribution in [0.15, 0.2) is 18.2 Å². The van der Waals surface area contributed by atoms with Gasteiger partial charge in [0.1, 0.15) is 0 Å². The number of benzene rings is 1. The van der Waals surface area contributed by atoms with Crippen molar-refractivity contribution in [3.05, 3.63) is 35.4 Å². The summed E-state index contributed by atoms with van der Waals surface area (Å²) < 4.78 is 26.8. The number of rotatable bonds is 4. The van der Waals surface area contributed by atoms with Crippen molar-refractivity contribution in [2.24, 2.45) is 0 Å². The molecule has 1 aliphatic heterocycles. The van der Waals surface area contributed by atoms with Crippen molar-refractivity contribution >= 4 is 0 Å². The van der Waals surface area contributed by atoms with E-state index in [1.165, 1.54) is 12.1 Å². The maximum absolute atomic E-state index is 13.6. The molecule has 0 saturated carbocycles. The van der Waals surface area contributed by atoms with E-state index < -0.39 is 17.7 Å². The highest BCUT2D eigenvalue weighted by Gasteiger charge is 2.23. The molecule has 0 radical (unpaired) electrons. The molecule has 1 heterocycles. The first-order valence-electron chi connectivity index (χ1n) is 7.07. The fraction of sp³-hybridized carbons (Fsp3) is 0.600. The third-order valence-electron chi connectivity index (χ3n) is 3.91. The summed E-state index contributed by atoms with van der Waals surface area (Å²) in [6.07, 6.45) is -0.990. The van der Waals surface area contributed by atoms with E-state index in [-0.39, 0.29) is 5.56 Å². The largest absolute Gasteiger partial charge is 0.387 e. The second-order valence-corrected chi connectivity index (χ2v) is 5.59. The molecule has 1 unspecified atom stereocenters. The van der Waals surface area contributed by atoms with Crippen LogP contribution in [0.3, 0.4) is 0 Å². The lowest BCUT2D eigenvalue weighted by molar-refractivity contribution is 0.0605. The highest BCUT2D eigenvalue weighted by Crippen LogP contribution is 2.20. The first-order chi connectivity index (χ1) is 9.49. The second-order valence-electron chi connectivity index (χ2n) is 5.59. The first-order valence-corrected chi connectivity index (χ1v) is 7.07. The van der Waals surface area contributed by atoms with Gasteiger partial charge < -0.3 is 5.11 Å². The van der Waals surface area contributed by atoms with Gasteiger partial charge in [-0.1, -0.05) is 12.1 Å². The molecule has 0 spiro atoms. The highest BCUT2D eigenvalue weighted by atomic mass is 19.2. The Morgan fingerprint density at radius 1 is 1.15 bits per heavy atom. The van der Waals surface area contributed by atoms with Crippen molar-refractivity contribution in [2.45, 2.75) is 26.0 Å². The zero-order valence-corrected chi connectivity index (χ0v) is 12.0. The molecule has 0 amide bonds. The van der Waals surface area contributed by atoms with Gasteiger partial charge in [0.05, 0.1) is 6.10 Å². The first kappa shape index (κ1) is 15.4. The molecular formula is C15H22F2N2O. The Balaban J connectivity index is 1.92. The summed E-state index contributed by atoms with van der Waals surface area (Å²) in [4.78, 5) is 4.46. The minimum Gasteiger partial charge on any atom is -0.387 e. The maximum atomic E-state index is 13.6. The SMILES string of the molecule is CC(C)N1CCN(CC(O)c2cccc(F)c2F)CC1. The van der Waals surface area contributed by atoms with Crippen molar-refractivity contribution in [2.75, 3.05) is 32.7 Å². The summed E-state index contributed by atoms with van der Waals surface area (Å²) >= 11 is 0. The van der Waals surface area contributed by atoms with Crippen molar-refractivity contribution in [1.29, 1.82) is 0 Å². The molecule has 20 heavy (non-hydrogen) atoms. The maximum Gasteiger partial charge on any atom is 0.164 e. The van der Waals surface area contributed by atoms with Crippen LogP contribution < -0.4 is 0 Å². The van der Waals surface area contributed by atoms with Crippen LogP contribution in [0.4, 0.5) is 8.78 Å². The molecule has 112 valence electrons. The number of β-amino-alcohol motifs (C(OH)–C–C–N with tert-alkyl or cyclic N) is 1. The van der Waals surface area contributed by atoms with Crippen molar-refractivity contribution in [3.63, 3.8) is 0 Å². The molecule has 1 atom stereocenters. The Bertz CT molecular complexity index is 445. The van der Waals surface area contributed by atoms with E-state index in [4.69, 9.17) is 0 Å². The van der Waals surface area contributed by atoms with Crippen LogP contribution in [-0.2, 0) is 0 Å².